The Bertz CT molecular complexity index is 80.9. The van der Waals surface area contributed by atoms with Crippen LogP contribution in [0.3, 0.4) is 0 Å². The highest BCUT2D eigenvalue weighted by Crippen LogP contribution is 2.13. The van der Waals surface area contributed by atoms with E-state index in [9.17, 15) is 0 Å². The highest BCUT2D eigenvalue weighted by Gasteiger charge is 1.97. The fraction of sp³-hybridized carbons (Fsp3) is 0.333. The van der Waals surface area contributed by atoms with Crippen LogP contribution < -0.4 is 5.73 Å². The molecule has 0 radical (unpaired) electrons. The molecular weight excluding hydrogens is 98.1 g/mol. The molecule has 0 spiro atoms. The summed E-state index contributed by atoms with van der Waals surface area (Å²) >= 11 is 1.30. The van der Waals surface area contributed by atoms with Crippen molar-refractivity contribution in [3.05, 3.63) is 11.1 Å². The summed E-state index contributed by atoms with van der Waals surface area (Å²) in [6, 6.07) is 0. The van der Waals surface area contributed by atoms with Gasteiger partial charge in [0.1, 0.15) is 6.61 Å². The molecule has 0 unspecified atom stereocenters. The Labute approximate surface area is 40.6 Å². The van der Waals surface area contributed by atoms with Gasteiger partial charge in [0.25, 0.3) is 0 Å². The third kappa shape index (κ3) is 0.666. The number of nitrogens with two attached hydrogens (primary N) is 1. The molecule has 0 atom stereocenters. The highest BCUT2D eigenvalue weighted by atomic mass is 32.2. The molecule has 1 aliphatic rings. The zero-order valence-electron chi connectivity index (χ0n) is 3.18. The van der Waals surface area contributed by atoms with Crippen molar-refractivity contribution in [2.45, 2.75) is 0 Å². The summed E-state index contributed by atoms with van der Waals surface area (Å²) in [5, 5.41) is 1.79. The SMILES string of the molecule is NC1=CSOC1. The monoisotopic (exact) mass is 103 g/mol. The van der Waals surface area contributed by atoms with E-state index in [0.29, 0.717) is 6.61 Å². The Morgan fingerprint density at radius 1 is 2.00 bits per heavy atom. The largest absolute Gasteiger partial charge is 0.400 e. The molecule has 6 heavy (non-hydrogen) atoms. The lowest BCUT2D eigenvalue weighted by Crippen LogP contribution is -1.96. The molecule has 34 valence electrons. The van der Waals surface area contributed by atoms with Crippen LogP contribution in [0.4, 0.5) is 0 Å². The number of hydrogen-bond donors (Lipinski definition) is 1. The Hall–Kier alpha value is -0.150. The third-order valence-electron chi connectivity index (χ3n) is 0.493. The third-order valence-corrected chi connectivity index (χ3v) is 1.15. The van der Waals surface area contributed by atoms with Crippen molar-refractivity contribution in [3.63, 3.8) is 0 Å². The highest BCUT2D eigenvalue weighted by molar-refractivity contribution is 7.97. The van der Waals surface area contributed by atoms with E-state index in [1.807, 2.05) is 0 Å². The fourth-order valence-electron chi connectivity index (χ4n) is 0.232. The second-order valence-corrected chi connectivity index (χ2v) is 1.72. The molecule has 0 aromatic carbocycles. The quantitative estimate of drug-likeness (QED) is 0.452. The molecule has 2 nitrogen and oxygen atoms in total. The zero-order chi connectivity index (χ0) is 4.41. The maximum absolute atomic E-state index is 5.25. The average molecular weight is 103 g/mol. The Morgan fingerprint density at radius 3 is 3.00 bits per heavy atom. The first-order valence-electron chi connectivity index (χ1n) is 1.62. The van der Waals surface area contributed by atoms with Gasteiger partial charge in [0.05, 0.1) is 0 Å². The summed E-state index contributed by atoms with van der Waals surface area (Å²) in [6.45, 7) is 0.588. The zero-order valence-corrected chi connectivity index (χ0v) is 3.99. The molecule has 0 aromatic heterocycles. The summed E-state index contributed by atoms with van der Waals surface area (Å²) < 4.78 is 4.76. The lowest BCUT2D eigenvalue weighted by molar-refractivity contribution is 0.428. The molecular formula is C3H5NOS. The van der Waals surface area contributed by atoms with Crippen molar-refractivity contribution in [2.75, 3.05) is 6.61 Å². The van der Waals surface area contributed by atoms with Crippen molar-refractivity contribution >= 4 is 12.0 Å². The van der Waals surface area contributed by atoms with Crippen LogP contribution in [0.25, 0.3) is 0 Å². The van der Waals surface area contributed by atoms with Crippen molar-refractivity contribution in [3.8, 4) is 0 Å². The van der Waals surface area contributed by atoms with Crippen molar-refractivity contribution in [1.29, 1.82) is 0 Å². The summed E-state index contributed by atoms with van der Waals surface area (Å²) in [5.74, 6) is 0. The van der Waals surface area contributed by atoms with Crippen LogP contribution in [0.15, 0.2) is 11.1 Å². The van der Waals surface area contributed by atoms with E-state index in [4.69, 9.17) is 9.92 Å². The minimum Gasteiger partial charge on any atom is -0.400 e. The molecule has 0 fully saturated rings. The van der Waals surface area contributed by atoms with Crippen molar-refractivity contribution in [1.82, 2.24) is 0 Å². The molecule has 1 aliphatic heterocycles. The smallest absolute Gasteiger partial charge is 0.102 e. The topological polar surface area (TPSA) is 35.2 Å². The van der Waals surface area contributed by atoms with Crippen LogP contribution >= 0.6 is 12.0 Å². The van der Waals surface area contributed by atoms with Gasteiger partial charge in [-0.2, -0.15) is 0 Å². The minimum atomic E-state index is 0.588. The van der Waals surface area contributed by atoms with Crippen LogP contribution in [0.2, 0.25) is 0 Å². The molecule has 0 aromatic rings. The minimum absolute atomic E-state index is 0.588. The van der Waals surface area contributed by atoms with Crippen LogP contribution in [0.5, 0.6) is 0 Å². The fourth-order valence-corrected chi connectivity index (χ4v) is 0.696. The van der Waals surface area contributed by atoms with Crippen molar-refractivity contribution in [2.24, 2.45) is 5.73 Å². The first-order valence-corrected chi connectivity index (χ1v) is 2.43. The van der Waals surface area contributed by atoms with E-state index in [0.717, 1.165) is 5.70 Å². The van der Waals surface area contributed by atoms with Crippen LogP contribution in [0.1, 0.15) is 0 Å². The van der Waals surface area contributed by atoms with Crippen LogP contribution in [-0.4, -0.2) is 6.61 Å². The van der Waals surface area contributed by atoms with E-state index in [2.05, 4.69) is 0 Å². The second-order valence-electron chi connectivity index (χ2n) is 1.05. The van der Waals surface area contributed by atoms with Gasteiger partial charge in [-0.1, -0.05) is 0 Å². The van der Waals surface area contributed by atoms with Crippen LogP contribution in [-0.2, 0) is 4.18 Å². The van der Waals surface area contributed by atoms with Gasteiger partial charge in [0.2, 0.25) is 0 Å². The molecule has 0 saturated carbocycles. The van der Waals surface area contributed by atoms with Crippen molar-refractivity contribution < 1.29 is 4.18 Å². The normalized spacial score (nSPS) is 21.0. The van der Waals surface area contributed by atoms with E-state index >= 15 is 0 Å². The second kappa shape index (κ2) is 1.53. The molecule has 0 aliphatic carbocycles. The first kappa shape index (κ1) is 4.02. The maximum atomic E-state index is 5.25. The van der Waals surface area contributed by atoms with Gasteiger partial charge in [-0.05, 0) is 0 Å². The molecule has 0 bridgehead atoms. The molecule has 0 saturated heterocycles. The van der Waals surface area contributed by atoms with E-state index in [-0.39, 0.29) is 0 Å². The summed E-state index contributed by atoms with van der Waals surface area (Å²) in [7, 11) is 0. The standard InChI is InChI=1S/C3H5NOS/c4-3-1-5-6-2-3/h2H,1,4H2. The van der Waals surface area contributed by atoms with Gasteiger partial charge >= 0.3 is 0 Å². The molecule has 1 rings (SSSR count). The van der Waals surface area contributed by atoms with Gasteiger partial charge < -0.3 is 9.92 Å². The van der Waals surface area contributed by atoms with E-state index in [1.54, 1.807) is 5.41 Å². The Kier molecular flexibility index (Phi) is 1.03. The molecule has 3 heteroatoms. The lowest BCUT2D eigenvalue weighted by atomic mass is 10.6. The lowest BCUT2D eigenvalue weighted by Gasteiger charge is -1.81. The Balaban J connectivity index is 2.45. The van der Waals surface area contributed by atoms with Gasteiger partial charge in [-0.3, -0.25) is 0 Å². The number of hydrogen-bond acceptors (Lipinski definition) is 3. The van der Waals surface area contributed by atoms with E-state index in [1.165, 1.54) is 12.0 Å². The van der Waals surface area contributed by atoms with Crippen LogP contribution in [0, 0.1) is 0 Å². The summed E-state index contributed by atoms with van der Waals surface area (Å²) in [4.78, 5) is 0. The van der Waals surface area contributed by atoms with E-state index < -0.39 is 0 Å². The predicted octanol–water partition coefficient (Wildman–Crippen LogP) is 0.465. The molecule has 1 heterocycles. The van der Waals surface area contributed by atoms with Gasteiger partial charge in [0, 0.05) is 23.1 Å². The Morgan fingerprint density at radius 2 is 2.83 bits per heavy atom. The predicted molar refractivity (Wildman–Crippen MR) is 25.8 cm³/mol. The molecule has 0 amide bonds. The first-order chi connectivity index (χ1) is 2.89. The summed E-state index contributed by atoms with van der Waals surface area (Å²) in [5.41, 5.74) is 6.07. The molecule has 2 N–H and O–H groups in total. The maximum Gasteiger partial charge on any atom is 0.102 e. The number of rotatable bonds is 0. The average Bonchev–Trinajstić information content (AvgIpc) is 1.86. The van der Waals surface area contributed by atoms with Gasteiger partial charge in [-0.15, -0.1) is 0 Å². The van der Waals surface area contributed by atoms with Gasteiger partial charge in [-0.25, -0.2) is 0 Å². The summed E-state index contributed by atoms with van der Waals surface area (Å²) in [6.07, 6.45) is 0. The van der Waals surface area contributed by atoms with Gasteiger partial charge in [0.15, 0.2) is 0 Å².